The number of aromatic nitrogens is 1. The van der Waals surface area contributed by atoms with E-state index in [1.165, 1.54) is 4.70 Å². The van der Waals surface area contributed by atoms with Gasteiger partial charge in [-0.15, -0.1) is 0 Å². The first-order chi connectivity index (χ1) is 6.83. The number of fused-ring (bicyclic) bond motifs is 1. The van der Waals surface area contributed by atoms with Crippen LogP contribution in [0.2, 0.25) is 0 Å². The van der Waals surface area contributed by atoms with E-state index in [9.17, 15) is 0 Å². The summed E-state index contributed by atoms with van der Waals surface area (Å²) >= 11 is 1.74. The average molecular weight is 205 g/mol. The number of para-hydroxylation sites is 1. The van der Waals surface area contributed by atoms with Crippen LogP contribution in [0.4, 0.5) is 5.13 Å². The predicted octanol–water partition coefficient (Wildman–Crippen LogP) is 1.44. The Balaban J connectivity index is 1.99. The highest BCUT2D eigenvalue weighted by atomic mass is 32.1. The summed E-state index contributed by atoms with van der Waals surface area (Å²) in [5.74, 6) is 0. The molecular formula is C10H11N3S. The lowest BCUT2D eigenvalue weighted by Gasteiger charge is -2.36. The smallest absolute Gasteiger partial charge is 0.186 e. The highest BCUT2D eigenvalue weighted by Gasteiger charge is 2.25. The van der Waals surface area contributed by atoms with Gasteiger partial charge in [0, 0.05) is 19.1 Å². The van der Waals surface area contributed by atoms with Crippen LogP contribution in [-0.4, -0.2) is 24.1 Å². The van der Waals surface area contributed by atoms with Gasteiger partial charge in [-0.2, -0.15) is 0 Å². The number of hydrogen-bond donors (Lipinski definition) is 1. The standard InChI is InChI=1S/C10H11N3S/c11-7-5-13(6-7)10-12-8-3-1-2-4-9(8)14-10/h1-4,7H,5-6,11H2. The topological polar surface area (TPSA) is 42.1 Å². The van der Waals surface area contributed by atoms with Gasteiger partial charge in [0.2, 0.25) is 0 Å². The third-order valence-corrected chi connectivity index (χ3v) is 3.56. The number of nitrogens with two attached hydrogens (primary N) is 1. The first-order valence-electron chi connectivity index (χ1n) is 4.69. The molecule has 3 rings (SSSR count). The number of hydrogen-bond acceptors (Lipinski definition) is 4. The van der Waals surface area contributed by atoms with Crippen molar-refractivity contribution in [3.8, 4) is 0 Å². The van der Waals surface area contributed by atoms with E-state index in [2.05, 4.69) is 22.0 Å². The summed E-state index contributed by atoms with van der Waals surface area (Å²) in [6.45, 7) is 1.89. The molecule has 1 fully saturated rings. The van der Waals surface area contributed by atoms with E-state index in [0.29, 0.717) is 6.04 Å². The molecule has 1 aromatic carbocycles. The van der Waals surface area contributed by atoms with Crippen LogP contribution in [0.15, 0.2) is 24.3 Å². The zero-order valence-electron chi connectivity index (χ0n) is 7.68. The Labute approximate surface area is 86.2 Å². The molecule has 1 aliphatic rings. The SMILES string of the molecule is NC1CN(c2nc3ccccc3s2)C1. The van der Waals surface area contributed by atoms with E-state index in [1.54, 1.807) is 11.3 Å². The number of nitrogens with zero attached hydrogens (tertiary/aromatic N) is 2. The van der Waals surface area contributed by atoms with Crippen molar-refractivity contribution in [1.29, 1.82) is 0 Å². The fourth-order valence-corrected chi connectivity index (χ4v) is 2.65. The number of rotatable bonds is 1. The zero-order valence-corrected chi connectivity index (χ0v) is 8.50. The molecule has 1 aliphatic heterocycles. The molecule has 2 heterocycles. The van der Waals surface area contributed by atoms with E-state index >= 15 is 0 Å². The second-order valence-corrected chi connectivity index (χ2v) is 4.64. The van der Waals surface area contributed by atoms with Crippen LogP contribution in [0, 0.1) is 0 Å². The third kappa shape index (κ3) is 1.19. The van der Waals surface area contributed by atoms with Gasteiger partial charge < -0.3 is 10.6 Å². The maximum atomic E-state index is 5.74. The van der Waals surface area contributed by atoms with Gasteiger partial charge in [0.1, 0.15) is 0 Å². The van der Waals surface area contributed by atoms with Gasteiger partial charge in [0.05, 0.1) is 10.2 Å². The van der Waals surface area contributed by atoms with Crippen molar-refractivity contribution < 1.29 is 0 Å². The van der Waals surface area contributed by atoms with Gasteiger partial charge in [-0.25, -0.2) is 4.98 Å². The molecule has 0 amide bonds. The van der Waals surface area contributed by atoms with Crippen molar-refractivity contribution in [1.82, 2.24) is 4.98 Å². The van der Waals surface area contributed by atoms with Crippen LogP contribution in [0.25, 0.3) is 10.2 Å². The van der Waals surface area contributed by atoms with Gasteiger partial charge in [-0.05, 0) is 12.1 Å². The minimum Gasteiger partial charge on any atom is -0.345 e. The van der Waals surface area contributed by atoms with Gasteiger partial charge in [0.25, 0.3) is 0 Å². The first-order valence-corrected chi connectivity index (χ1v) is 5.51. The Morgan fingerprint density at radius 3 is 2.86 bits per heavy atom. The molecule has 0 radical (unpaired) electrons. The molecule has 2 N–H and O–H groups in total. The van der Waals surface area contributed by atoms with Gasteiger partial charge in [-0.3, -0.25) is 0 Å². The highest BCUT2D eigenvalue weighted by Crippen LogP contribution is 2.30. The Hall–Kier alpha value is -1.13. The van der Waals surface area contributed by atoms with E-state index in [1.807, 2.05) is 12.1 Å². The van der Waals surface area contributed by atoms with Crippen LogP contribution in [-0.2, 0) is 0 Å². The average Bonchev–Trinajstić information content (AvgIpc) is 2.55. The minimum atomic E-state index is 0.335. The molecule has 14 heavy (non-hydrogen) atoms. The molecule has 1 saturated heterocycles. The zero-order chi connectivity index (χ0) is 9.54. The van der Waals surface area contributed by atoms with Crippen LogP contribution in [0.5, 0.6) is 0 Å². The van der Waals surface area contributed by atoms with E-state index in [-0.39, 0.29) is 0 Å². The van der Waals surface area contributed by atoms with Crippen molar-refractivity contribution in [2.75, 3.05) is 18.0 Å². The molecule has 0 atom stereocenters. The lowest BCUT2D eigenvalue weighted by Crippen LogP contribution is -2.55. The van der Waals surface area contributed by atoms with Gasteiger partial charge >= 0.3 is 0 Å². The lowest BCUT2D eigenvalue weighted by atomic mass is 10.1. The maximum absolute atomic E-state index is 5.74. The molecule has 0 unspecified atom stereocenters. The predicted molar refractivity (Wildman–Crippen MR) is 59.8 cm³/mol. The molecule has 2 aromatic rings. The van der Waals surface area contributed by atoms with Crippen molar-refractivity contribution in [3.05, 3.63) is 24.3 Å². The Morgan fingerprint density at radius 2 is 2.14 bits per heavy atom. The summed E-state index contributed by atoms with van der Waals surface area (Å²) in [6.07, 6.45) is 0. The van der Waals surface area contributed by atoms with E-state index in [0.717, 1.165) is 23.7 Å². The molecule has 0 aliphatic carbocycles. The molecule has 0 bridgehead atoms. The maximum Gasteiger partial charge on any atom is 0.186 e. The molecule has 3 nitrogen and oxygen atoms in total. The van der Waals surface area contributed by atoms with Crippen molar-refractivity contribution in [3.63, 3.8) is 0 Å². The fraction of sp³-hybridized carbons (Fsp3) is 0.300. The highest BCUT2D eigenvalue weighted by molar-refractivity contribution is 7.22. The van der Waals surface area contributed by atoms with Crippen molar-refractivity contribution >= 4 is 26.7 Å². The molecule has 0 spiro atoms. The lowest BCUT2D eigenvalue weighted by molar-refractivity contribution is 0.519. The van der Waals surface area contributed by atoms with Crippen LogP contribution < -0.4 is 10.6 Å². The summed E-state index contributed by atoms with van der Waals surface area (Å²) in [6, 6.07) is 8.56. The first kappa shape index (κ1) is 8.20. The number of benzene rings is 1. The van der Waals surface area contributed by atoms with E-state index < -0.39 is 0 Å². The normalized spacial score (nSPS) is 17.4. The molecule has 1 aromatic heterocycles. The number of thiazole rings is 1. The molecule has 72 valence electrons. The largest absolute Gasteiger partial charge is 0.345 e. The number of anilines is 1. The Morgan fingerprint density at radius 1 is 1.36 bits per heavy atom. The Kier molecular flexibility index (Phi) is 1.72. The minimum absolute atomic E-state index is 0.335. The molecule has 0 saturated carbocycles. The summed E-state index contributed by atoms with van der Waals surface area (Å²) in [4.78, 5) is 6.79. The van der Waals surface area contributed by atoms with Gasteiger partial charge in [0.15, 0.2) is 5.13 Å². The van der Waals surface area contributed by atoms with E-state index in [4.69, 9.17) is 5.73 Å². The quantitative estimate of drug-likeness (QED) is 0.766. The van der Waals surface area contributed by atoms with Gasteiger partial charge in [-0.1, -0.05) is 23.5 Å². The van der Waals surface area contributed by atoms with Crippen LogP contribution in [0.3, 0.4) is 0 Å². The Bertz CT molecular complexity index is 426. The fourth-order valence-electron chi connectivity index (χ4n) is 1.66. The third-order valence-electron chi connectivity index (χ3n) is 2.46. The summed E-state index contributed by atoms with van der Waals surface area (Å²) in [7, 11) is 0. The summed E-state index contributed by atoms with van der Waals surface area (Å²) in [5, 5.41) is 1.10. The molecular weight excluding hydrogens is 194 g/mol. The van der Waals surface area contributed by atoms with Crippen molar-refractivity contribution in [2.45, 2.75) is 6.04 Å². The second kappa shape index (κ2) is 2.93. The van der Waals surface area contributed by atoms with Crippen molar-refractivity contribution in [2.24, 2.45) is 5.73 Å². The molecule has 4 heteroatoms. The second-order valence-electron chi connectivity index (χ2n) is 3.63. The van der Waals surface area contributed by atoms with Crippen LogP contribution in [0.1, 0.15) is 0 Å². The van der Waals surface area contributed by atoms with Crippen LogP contribution >= 0.6 is 11.3 Å². The monoisotopic (exact) mass is 205 g/mol. The summed E-state index contributed by atoms with van der Waals surface area (Å²) in [5.41, 5.74) is 6.83. The summed E-state index contributed by atoms with van der Waals surface area (Å²) < 4.78 is 1.25.